The summed E-state index contributed by atoms with van der Waals surface area (Å²) in [5.74, 6) is 0. The number of aliphatic hydroxyl groups excluding tert-OH is 6. The van der Waals surface area contributed by atoms with Crippen LogP contribution in [-0.2, 0) is 132 Å². The topological polar surface area (TPSA) is 647 Å². The van der Waals surface area contributed by atoms with Gasteiger partial charge < -0.3 is 73.3 Å². The molecule has 0 bridgehead atoms. The number of rotatable bonds is 27. The van der Waals surface area contributed by atoms with Gasteiger partial charge in [-0.1, -0.05) is 15.1 Å². The van der Waals surface area contributed by atoms with E-state index in [-0.39, 0.29) is 0 Å². The molecule has 0 aromatic carbocycles. The third-order valence-electron chi connectivity index (χ3n) is 12.2. The summed E-state index contributed by atoms with van der Waals surface area (Å²) >= 11 is 0. The molecule has 0 spiro atoms. The molecule has 10 unspecified atom stereocenters. The first kappa shape index (κ1) is 69.2. The third kappa shape index (κ3) is 18.9. The van der Waals surface area contributed by atoms with Crippen LogP contribution >= 0.6 is 0 Å². The summed E-state index contributed by atoms with van der Waals surface area (Å²) < 4.78 is 229. The second-order valence-corrected chi connectivity index (χ2v) is 23.4. The molecule has 0 amide bonds. The highest BCUT2D eigenvalue weighted by atomic mass is 32.3. The predicted molar refractivity (Wildman–Crippen MR) is 233 cm³/mol. The number of ether oxygens (including phenoxy) is 9. The molecular formula is C31H57N3O41S5. The lowest BCUT2D eigenvalue weighted by Gasteiger charge is -2.50. The first-order valence-corrected chi connectivity index (χ1v) is 29.2. The summed E-state index contributed by atoms with van der Waals surface area (Å²) in [5, 5.41) is 106. The maximum absolute atomic E-state index is 12.5. The van der Waals surface area contributed by atoms with Crippen molar-refractivity contribution >= 4 is 51.7 Å². The highest BCUT2D eigenvalue weighted by Gasteiger charge is 2.58. The van der Waals surface area contributed by atoms with E-state index in [9.17, 15) is 101 Å². The SMILES string of the molecule is CC1O[C@@H](O[C@@H]2C(COOO)O[C@@H](O[C@@H]3C(C)O[C@@H](O[C@@H]4C(COS(=O)(=O)O)O[C@H](C)C(NS(=O)(=O)O)[C@H]4O)C(OOO)[C@@H]3O)C(NS(=O)(=O)O)[C@H]2OOO)C(O)[C@@H](O)[C@@H]1O[C@H]1OC(COS(=O)(=O)O)[C@@H](O)[C@H](O)C1NS(=O)(=O)O. The first-order valence-electron chi connectivity index (χ1n) is 22.2. The summed E-state index contributed by atoms with van der Waals surface area (Å²) in [6, 6.07) is -6.44. The summed E-state index contributed by atoms with van der Waals surface area (Å²) in [4.78, 5) is 14.2. The van der Waals surface area contributed by atoms with E-state index < -0.39 is 225 Å². The van der Waals surface area contributed by atoms with Crippen molar-refractivity contribution in [2.45, 2.75) is 174 Å². The van der Waals surface area contributed by atoms with Crippen molar-refractivity contribution in [1.29, 1.82) is 0 Å². The quantitative estimate of drug-likeness (QED) is 0.0206. The summed E-state index contributed by atoms with van der Waals surface area (Å²) in [7, 11) is -26.5. The van der Waals surface area contributed by atoms with Crippen LogP contribution in [0.2, 0.25) is 0 Å². The zero-order chi connectivity index (χ0) is 60.2. The number of hydrogen-bond donors (Lipinski definition) is 17. The Morgan fingerprint density at radius 2 is 0.812 bits per heavy atom. The summed E-state index contributed by atoms with van der Waals surface area (Å²) in [6.45, 7) is -0.314. The minimum atomic E-state index is -5.56. The van der Waals surface area contributed by atoms with E-state index in [0.717, 1.165) is 20.8 Å². The molecule has 0 aliphatic carbocycles. The normalized spacial score (nSPS) is 41.8. The molecule has 472 valence electrons. The highest BCUT2D eigenvalue weighted by molar-refractivity contribution is 7.84. The van der Waals surface area contributed by atoms with Crippen LogP contribution < -0.4 is 14.2 Å². The van der Waals surface area contributed by atoms with Crippen molar-refractivity contribution in [2.75, 3.05) is 19.8 Å². The Bertz CT molecular complexity index is 2550. The second-order valence-electron chi connectivity index (χ2n) is 17.6. The van der Waals surface area contributed by atoms with E-state index in [0.29, 0.717) is 0 Å². The Labute approximate surface area is 450 Å². The Kier molecular flexibility index (Phi) is 24.4. The highest BCUT2D eigenvalue weighted by Crippen LogP contribution is 2.37. The first-order chi connectivity index (χ1) is 36.9. The van der Waals surface area contributed by atoms with Crippen molar-refractivity contribution in [3.05, 3.63) is 0 Å². The molecule has 0 radical (unpaired) electrons. The van der Waals surface area contributed by atoms with Crippen LogP contribution in [0.5, 0.6) is 0 Å². The minimum Gasteiger partial charge on any atom is -0.389 e. The minimum absolute atomic E-state index is 1.07. The molecule has 5 fully saturated rings. The van der Waals surface area contributed by atoms with Crippen LogP contribution in [-0.4, -0.2) is 284 Å². The zero-order valence-electron chi connectivity index (χ0n) is 40.4. The van der Waals surface area contributed by atoms with E-state index in [4.69, 9.17) is 62.2 Å². The average molecular weight is 1290 g/mol. The third-order valence-corrected chi connectivity index (χ3v) is 14.8. The second kappa shape index (κ2) is 28.3. The van der Waals surface area contributed by atoms with Crippen LogP contribution in [0.25, 0.3) is 0 Å². The monoisotopic (exact) mass is 1290 g/mol. The summed E-state index contributed by atoms with van der Waals surface area (Å²) in [5.41, 5.74) is 0. The average Bonchev–Trinajstić information content (AvgIpc) is 3.36. The molecule has 0 aromatic heterocycles. The molecule has 0 aromatic rings. The molecule has 80 heavy (non-hydrogen) atoms. The van der Waals surface area contributed by atoms with Crippen LogP contribution in [0.4, 0.5) is 0 Å². The van der Waals surface area contributed by atoms with Gasteiger partial charge in [0.25, 0.3) is 0 Å². The number of nitrogens with one attached hydrogen (secondary N) is 3. The maximum atomic E-state index is 12.5. The number of hydrogen-bond acceptors (Lipinski definition) is 36. The molecule has 0 saturated carbocycles. The molecule has 5 saturated heterocycles. The van der Waals surface area contributed by atoms with Gasteiger partial charge in [-0.2, -0.15) is 66.0 Å². The largest absolute Gasteiger partial charge is 0.397 e. The zero-order valence-corrected chi connectivity index (χ0v) is 44.5. The van der Waals surface area contributed by atoms with Gasteiger partial charge in [0.15, 0.2) is 31.3 Å². The molecule has 5 aliphatic rings. The van der Waals surface area contributed by atoms with Gasteiger partial charge in [0.1, 0.15) is 104 Å². The van der Waals surface area contributed by atoms with Gasteiger partial charge in [-0.15, -0.1) is 0 Å². The van der Waals surface area contributed by atoms with E-state index >= 15 is 0 Å². The van der Waals surface area contributed by atoms with Crippen molar-refractivity contribution in [2.24, 2.45) is 0 Å². The van der Waals surface area contributed by atoms with Crippen molar-refractivity contribution in [3.63, 3.8) is 0 Å². The van der Waals surface area contributed by atoms with E-state index in [1.54, 1.807) is 9.44 Å². The van der Waals surface area contributed by atoms with Crippen LogP contribution in [0.15, 0.2) is 0 Å². The van der Waals surface area contributed by atoms with Gasteiger partial charge in [-0.05, 0) is 20.8 Å². The molecule has 5 rings (SSSR count). The van der Waals surface area contributed by atoms with Crippen molar-refractivity contribution < 1.29 is 192 Å². The van der Waals surface area contributed by atoms with Crippen LogP contribution in [0, 0.1) is 0 Å². The molecule has 44 nitrogen and oxygen atoms in total. The fourth-order valence-corrected chi connectivity index (χ4v) is 11.3. The van der Waals surface area contributed by atoms with Gasteiger partial charge >= 0.3 is 51.7 Å². The van der Waals surface area contributed by atoms with Gasteiger partial charge in [-0.3, -0.25) is 22.8 Å². The van der Waals surface area contributed by atoms with Gasteiger partial charge in [0.05, 0.1) is 37.6 Å². The fraction of sp³-hybridized carbons (Fsp3) is 1.00. The van der Waals surface area contributed by atoms with Crippen LogP contribution in [0.3, 0.4) is 0 Å². The number of aliphatic hydroxyl groups is 6. The Balaban J connectivity index is 1.42. The molecule has 49 heteroatoms. The molecule has 5 aliphatic heterocycles. The maximum Gasteiger partial charge on any atom is 0.397 e. The van der Waals surface area contributed by atoms with Crippen molar-refractivity contribution in [1.82, 2.24) is 14.2 Å². The van der Waals surface area contributed by atoms with E-state index in [2.05, 4.69) is 28.4 Å². The van der Waals surface area contributed by atoms with Gasteiger partial charge in [0, 0.05) is 0 Å². The standard InChI is InChI=1S/C31H57N3O41S5/c1-7-13(32-76(44,45)46)18(37)24(12(62-7)6-61-80(56,57)58)69-31-27(72-75-43)21(40)23(9(3)64-31)68-29-15(34-78(50,51)52)26(71-74-42)25(11(66-29)4-59-73-41)70-30-20(39)19(38)22(8(2)63-30)67-28-14(33-77(47,48)49)17(36)16(35)10(65-28)5-60-79(53,54)55/h7-43H,4-6H2,1-3H3,(H,44,45,46)(H,47,48,49)(H,50,51,52)(H,53,54,55)(H,56,57,58)/t7-,8?,9?,10?,11?,12?,13?,14?,15?,16-,17-,18-,19-,20?,21-,22-,23-,24-,25-,26-,27?,28-,29+,30+,31+/m1/s1. The Morgan fingerprint density at radius 3 is 1.34 bits per heavy atom. The molecule has 5 heterocycles. The van der Waals surface area contributed by atoms with Gasteiger partial charge in [0.2, 0.25) is 0 Å². The lowest BCUT2D eigenvalue weighted by Crippen LogP contribution is -2.70. The Hall–Kier alpha value is -1.61. The molecule has 17 N–H and O–H groups in total. The summed E-state index contributed by atoms with van der Waals surface area (Å²) in [6.07, 6.45) is -46.6. The Morgan fingerprint density at radius 1 is 0.375 bits per heavy atom. The lowest BCUT2D eigenvalue weighted by molar-refractivity contribution is -0.537. The van der Waals surface area contributed by atoms with E-state index in [1.165, 1.54) is 4.72 Å². The molecule has 25 atom stereocenters. The van der Waals surface area contributed by atoms with E-state index in [1.807, 2.05) is 0 Å². The lowest BCUT2D eigenvalue weighted by atomic mass is 9.93. The fourth-order valence-electron chi connectivity index (χ4n) is 8.82. The van der Waals surface area contributed by atoms with Crippen molar-refractivity contribution in [3.8, 4) is 0 Å². The smallest absolute Gasteiger partial charge is 0.389 e. The van der Waals surface area contributed by atoms with Crippen LogP contribution in [0.1, 0.15) is 20.8 Å². The predicted octanol–water partition coefficient (Wildman–Crippen LogP) is -9.66. The van der Waals surface area contributed by atoms with Gasteiger partial charge in [-0.25, -0.2) is 29.0 Å². The molecular weight excluding hydrogens is 1230 g/mol.